The number of aromatic amines is 1. The molecule has 2 aromatic rings. The molecule has 1 fully saturated rings. The van der Waals surface area contributed by atoms with Crippen molar-refractivity contribution in [3.8, 4) is 5.75 Å². The number of aromatic nitrogens is 2. The maximum absolute atomic E-state index is 13.9. The van der Waals surface area contributed by atoms with Crippen LogP contribution in [0.25, 0.3) is 0 Å². The van der Waals surface area contributed by atoms with E-state index in [0.717, 1.165) is 0 Å². The van der Waals surface area contributed by atoms with Crippen molar-refractivity contribution in [3.05, 3.63) is 57.7 Å². The van der Waals surface area contributed by atoms with Crippen LogP contribution in [0.3, 0.4) is 0 Å². The van der Waals surface area contributed by atoms with Crippen molar-refractivity contribution in [1.82, 2.24) is 9.55 Å². The molecule has 0 radical (unpaired) electrons. The van der Waals surface area contributed by atoms with E-state index in [2.05, 4.69) is 4.98 Å². The van der Waals surface area contributed by atoms with Crippen LogP contribution >= 0.6 is 19.8 Å². The largest absolute Gasteiger partial charge is 0.465 e. The van der Waals surface area contributed by atoms with Gasteiger partial charge in [0.15, 0.2) is 11.0 Å². The fraction of sp³-hybridized carbons (Fsp3) is 0.560. The summed E-state index contributed by atoms with van der Waals surface area (Å²) in [5, 5.41) is 21.8. The average molecular weight is 571 g/mol. The van der Waals surface area contributed by atoms with Gasteiger partial charge in [-0.25, -0.2) is 4.57 Å². The molecule has 3 rings (SSSR count). The first-order valence-corrected chi connectivity index (χ1v) is 14.3. The first-order chi connectivity index (χ1) is 17.6. The summed E-state index contributed by atoms with van der Waals surface area (Å²) in [6.07, 6.45) is -2.74. The summed E-state index contributed by atoms with van der Waals surface area (Å²) in [5.74, 6) is -1.10. The summed E-state index contributed by atoms with van der Waals surface area (Å²) in [5.41, 5.74) is -2.51. The van der Waals surface area contributed by atoms with E-state index in [0.29, 0.717) is 0 Å². The number of para-hydroxylation sites is 1. The third-order valence-corrected chi connectivity index (χ3v) is 8.17. The highest BCUT2D eigenvalue weighted by Crippen LogP contribution is 2.51. The number of H-pyrrole nitrogens is 1. The Kier molecular flexibility index (Phi) is 9.39. The zero-order chi connectivity index (χ0) is 28.3. The van der Waals surface area contributed by atoms with Gasteiger partial charge in [0, 0.05) is 12.3 Å². The van der Waals surface area contributed by atoms with Crippen molar-refractivity contribution < 1.29 is 38.1 Å². The first-order valence-electron chi connectivity index (χ1n) is 12.1. The quantitative estimate of drug-likeness (QED) is 0.220. The lowest BCUT2D eigenvalue weighted by Gasteiger charge is -2.28. The number of carbonyl (C=O) groups is 1. The molecule has 1 saturated heterocycles. The van der Waals surface area contributed by atoms with E-state index in [9.17, 15) is 24.4 Å². The Morgan fingerprint density at radius 1 is 1.29 bits per heavy atom. The van der Waals surface area contributed by atoms with Crippen LogP contribution in [0.15, 0.2) is 47.4 Å². The summed E-state index contributed by atoms with van der Waals surface area (Å²) >= 11 is 5.16. The van der Waals surface area contributed by atoms with Crippen molar-refractivity contribution in [2.45, 2.75) is 58.7 Å². The predicted molar refractivity (Wildman–Crippen MR) is 142 cm³/mol. The van der Waals surface area contributed by atoms with Crippen LogP contribution in [0.1, 0.15) is 40.8 Å². The van der Waals surface area contributed by atoms with Crippen molar-refractivity contribution in [1.29, 1.82) is 0 Å². The van der Waals surface area contributed by atoms with Gasteiger partial charge in [0.05, 0.1) is 25.3 Å². The molecular formula is C25H35N2O9PS. The summed E-state index contributed by atoms with van der Waals surface area (Å²) in [6.45, 7) is 8.44. The van der Waals surface area contributed by atoms with Gasteiger partial charge in [0.25, 0.3) is 5.56 Å². The van der Waals surface area contributed by atoms with Gasteiger partial charge in [-0.3, -0.25) is 23.7 Å². The number of nitrogens with one attached hydrogen (secondary N) is 1. The fourth-order valence-corrected chi connectivity index (χ4v) is 5.90. The van der Waals surface area contributed by atoms with Gasteiger partial charge in [-0.1, -0.05) is 45.9 Å². The Morgan fingerprint density at radius 2 is 1.95 bits per heavy atom. The molecule has 13 heteroatoms. The lowest BCUT2D eigenvalue weighted by Crippen LogP contribution is -2.44. The van der Waals surface area contributed by atoms with E-state index in [1.54, 1.807) is 37.3 Å². The maximum atomic E-state index is 13.9. The van der Waals surface area contributed by atoms with E-state index < -0.39 is 55.7 Å². The highest BCUT2D eigenvalue weighted by atomic mass is 32.1. The molecule has 2 unspecified atom stereocenters. The smallest absolute Gasteiger partial charge is 0.380 e. The number of aliphatic hydroxyl groups excluding tert-OH is 1. The minimum Gasteiger partial charge on any atom is -0.465 e. The Labute approximate surface area is 226 Å². The molecule has 0 saturated carbocycles. The molecule has 11 nitrogen and oxygen atoms in total. The number of carbonyl (C=O) groups excluding carboxylic acids is 1. The zero-order valence-electron chi connectivity index (χ0n) is 22.0. The van der Waals surface area contributed by atoms with Crippen LogP contribution in [0, 0.1) is 16.1 Å². The molecule has 0 bridgehead atoms. The summed E-state index contributed by atoms with van der Waals surface area (Å²) in [6, 6.07) is 9.54. The van der Waals surface area contributed by atoms with E-state index in [-0.39, 0.29) is 28.7 Å². The normalized spacial score (nSPS) is 25.9. The molecule has 1 aliphatic heterocycles. The number of aliphatic hydroxyl groups is 2. The molecule has 1 aromatic carbocycles. The van der Waals surface area contributed by atoms with Crippen LogP contribution in [-0.2, 0) is 23.4 Å². The number of nitrogens with zero attached hydrogens (tertiary/aromatic N) is 1. The number of hydrogen-bond donors (Lipinski definition) is 3. The van der Waals surface area contributed by atoms with Crippen LogP contribution in [0.2, 0.25) is 0 Å². The van der Waals surface area contributed by atoms with E-state index in [1.807, 2.05) is 20.8 Å². The van der Waals surface area contributed by atoms with Crippen LogP contribution in [0.5, 0.6) is 5.75 Å². The van der Waals surface area contributed by atoms with Crippen molar-refractivity contribution in [3.63, 3.8) is 0 Å². The molecule has 6 atom stereocenters. The molecule has 3 N–H and O–H groups in total. The lowest BCUT2D eigenvalue weighted by molar-refractivity contribution is -0.150. The monoisotopic (exact) mass is 570 g/mol. The topological polar surface area (TPSA) is 149 Å². The van der Waals surface area contributed by atoms with Crippen molar-refractivity contribution >= 4 is 25.8 Å². The lowest BCUT2D eigenvalue weighted by atomic mass is 9.96. The molecule has 0 spiro atoms. The number of rotatable bonds is 10. The maximum Gasteiger partial charge on any atom is 0.380 e. The molecule has 2 heterocycles. The Balaban J connectivity index is 1.78. The Hall–Kier alpha value is -2.34. The molecule has 38 heavy (non-hydrogen) atoms. The standard InChI is InChI=1S/C25H35N2O9PS/c1-16(21(30)33-15-24(2,3)4)14-37(32,36-17-9-7-6-8-10-17)34-13-18-20(29)25(5,31)22(35-18)27-12-11-19(28)26-23(27)38/h6-12,16,18,20,22,29,31H,13-15H2,1-5H3,(H,26,28,38)/t16-,18-,20+,22-,25?,37?/m1/s1. The number of ether oxygens (including phenoxy) is 2. The van der Waals surface area contributed by atoms with Crippen LogP contribution in [0.4, 0.5) is 0 Å². The second-order valence-electron chi connectivity index (χ2n) is 10.8. The summed E-state index contributed by atoms with van der Waals surface area (Å²) in [7, 11) is -3.99. The van der Waals surface area contributed by atoms with E-state index in [1.165, 1.54) is 23.8 Å². The molecule has 0 aliphatic carbocycles. The van der Waals surface area contributed by atoms with E-state index >= 15 is 0 Å². The van der Waals surface area contributed by atoms with Crippen LogP contribution < -0.4 is 10.1 Å². The van der Waals surface area contributed by atoms with Gasteiger partial charge in [0.1, 0.15) is 23.6 Å². The van der Waals surface area contributed by atoms with Gasteiger partial charge in [-0.15, -0.1) is 0 Å². The average Bonchev–Trinajstić information content (AvgIpc) is 3.04. The SMILES string of the molecule is C[C@H](CP(=O)(OC[C@H]1O[C@@H](n2ccc(=O)[nH]c2=S)C(C)(O)[C@H]1O)Oc1ccccc1)C(=O)OCC(C)(C)C. The molecular weight excluding hydrogens is 535 g/mol. The highest BCUT2D eigenvalue weighted by molar-refractivity contribution is 7.71. The van der Waals surface area contributed by atoms with Crippen molar-refractivity contribution in [2.24, 2.45) is 11.3 Å². The zero-order valence-corrected chi connectivity index (χ0v) is 23.7. The fourth-order valence-electron chi connectivity index (χ4n) is 3.77. The molecule has 1 aliphatic rings. The predicted octanol–water partition coefficient (Wildman–Crippen LogP) is 3.43. The van der Waals surface area contributed by atoms with Gasteiger partial charge < -0.3 is 24.2 Å². The highest BCUT2D eigenvalue weighted by Gasteiger charge is 2.53. The third kappa shape index (κ3) is 7.62. The molecule has 0 amide bonds. The minimum absolute atomic E-state index is 0.0165. The molecule has 1 aromatic heterocycles. The van der Waals surface area contributed by atoms with E-state index in [4.69, 9.17) is 30.7 Å². The second-order valence-corrected chi connectivity index (χ2v) is 13.2. The number of esters is 1. The van der Waals surface area contributed by atoms with Gasteiger partial charge in [-0.2, -0.15) is 0 Å². The van der Waals surface area contributed by atoms with Gasteiger partial charge >= 0.3 is 13.6 Å². The Bertz CT molecular complexity index is 1270. The summed E-state index contributed by atoms with van der Waals surface area (Å²) < 4.78 is 37.8. The molecule has 210 valence electrons. The first kappa shape index (κ1) is 30.2. The Morgan fingerprint density at radius 3 is 2.55 bits per heavy atom. The third-order valence-electron chi connectivity index (χ3n) is 5.83. The summed E-state index contributed by atoms with van der Waals surface area (Å²) in [4.78, 5) is 26.6. The second kappa shape index (κ2) is 11.8. The number of hydrogen-bond acceptors (Lipinski definition) is 10. The minimum atomic E-state index is -3.99. The van der Waals surface area contributed by atoms with Crippen LogP contribution in [-0.4, -0.2) is 62.9 Å². The van der Waals surface area contributed by atoms with Crippen molar-refractivity contribution in [2.75, 3.05) is 19.4 Å². The number of benzene rings is 1. The van der Waals surface area contributed by atoms with Gasteiger partial charge in [0.2, 0.25) is 0 Å². The van der Waals surface area contributed by atoms with Gasteiger partial charge in [-0.05, 0) is 36.7 Å².